The number of likely N-dealkylation sites (N-methyl/N-ethyl adjacent to an activating group) is 1. The van der Waals surface area contributed by atoms with E-state index in [1.165, 1.54) is 6.07 Å². The maximum absolute atomic E-state index is 13.8. The number of hydrogen-bond acceptors (Lipinski definition) is 2. The molecule has 0 saturated heterocycles. The summed E-state index contributed by atoms with van der Waals surface area (Å²) in [6, 6.07) is 4.77. The first-order valence-electron chi connectivity index (χ1n) is 6.98. The third-order valence-electron chi connectivity index (χ3n) is 3.96. The van der Waals surface area contributed by atoms with Gasteiger partial charge in [0.15, 0.2) is 0 Å². The van der Waals surface area contributed by atoms with E-state index < -0.39 is 5.54 Å². The molecule has 1 fully saturated rings. The minimum atomic E-state index is -0.751. The number of carbonyl (C=O) groups excluding carboxylic acids is 1. The first-order valence-corrected chi connectivity index (χ1v) is 7.78. The molecule has 5 heteroatoms. The summed E-state index contributed by atoms with van der Waals surface area (Å²) in [5.74, 6) is -0.353. The molecule has 2 rings (SSSR count). The number of carbonyl (C=O) groups is 1. The molecule has 1 amide bonds. The van der Waals surface area contributed by atoms with Crippen molar-refractivity contribution in [1.82, 2.24) is 4.90 Å². The van der Waals surface area contributed by atoms with Crippen LogP contribution in [0.25, 0.3) is 0 Å². The second-order valence-corrected chi connectivity index (χ2v) is 6.33. The summed E-state index contributed by atoms with van der Waals surface area (Å²) >= 11 is 3.33. The Balaban J connectivity index is 2.16. The number of benzene rings is 1. The Morgan fingerprint density at radius 3 is 2.70 bits per heavy atom. The molecule has 20 heavy (non-hydrogen) atoms. The highest BCUT2D eigenvalue weighted by Crippen LogP contribution is 2.29. The third kappa shape index (κ3) is 3.20. The Bertz CT molecular complexity index is 501. The van der Waals surface area contributed by atoms with Crippen molar-refractivity contribution in [3.63, 3.8) is 0 Å². The molecule has 1 saturated carbocycles. The van der Waals surface area contributed by atoms with E-state index in [1.807, 2.05) is 6.92 Å². The van der Waals surface area contributed by atoms with Crippen molar-refractivity contribution in [3.05, 3.63) is 34.1 Å². The summed E-state index contributed by atoms with van der Waals surface area (Å²) < 4.78 is 14.6. The van der Waals surface area contributed by atoms with Gasteiger partial charge in [-0.15, -0.1) is 0 Å². The van der Waals surface area contributed by atoms with E-state index in [1.54, 1.807) is 17.0 Å². The number of nitrogens with two attached hydrogens (primary N) is 1. The maximum Gasteiger partial charge on any atom is 0.242 e. The summed E-state index contributed by atoms with van der Waals surface area (Å²) in [6.45, 7) is 2.69. The molecule has 2 N–H and O–H groups in total. The lowest BCUT2D eigenvalue weighted by Gasteiger charge is -2.31. The van der Waals surface area contributed by atoms with Gasteiger partial charge in [-0.3, -0.25) is 4.79 Å². The van der Waals surface area contributed by atoms with Crippen molar-refractivity contribution in [2.24, 2.45) is 5.73 Å². The monoisotopic (exact) mass is 342 g/mol. The van der Waals surface area contributed by atoms with Crippen LogP contribution in [0.4, 0.5) is 4.39 Å². The van der Waals surface area contributed by atoms with E-state index >= 15 is 0 Å². The summed E-state index contributed by atoms with van der Waals surface area (Å²) in [6.07, 6.45) is 3.43. The Hall–Kier alpha value is -0.940. The van der Waals surface area contributed by atoms with E-state index in [0.29, 0.717) is 12.1 Å². The fourth-order valence-electron chi connectivity index (χ4n) is 2.73. The highest BCUT2D eigenvalue weighted by molar-refractivity contribution is 9.10. The second-order valence-electron chi connectivity index (χ2n) is 5.42. The highest BCUT2D eigenvalue weighted by atomic mass is 79.9. The van der Waals surface area contributed by atoms with Crippen LogP contribution in [0.2, 0.25) is 0 Å². The van der Waals surface area contributed by atoms with Gasteiger partial charge in [-0.1, -0.05) is 28.8 Å². The zero-order valence-corrected chi connectivity index (χ0v) is 13.2. The predicted octanol–water partition coefficient (Wildman–Crippen LogP) is 3.21. The Kier molecular flexibility index (Phi) is 4.81. The zero-order chi connectivity index (χ0) is 14.8. The van der Waals surface area contributed by atoms with Crippen LogP contribution in [-0.4, -0.2) is 22.9 Å². The lowest BCUT2D eigenvalue weighted by Crippen LogP contribution is -2.53. The molecule has 1 aliphatic rings. The van der Waals surface area contributed by atoms with Crippen LogP contribution in [0.5, 0.6) is 0 Å². The molecule has 0 atom stereocenters. The van der Waals surface area contributed by atoms with Crippen molar-refractivity contribution in [3.8, 4) is 0 Å². The summed E-state index contributed by atoms with van der Waals surface area (Å²) in [7, 11) is 0. The lowest BCUT2D eigenvalue weighted by atomic mass is 9.97. The third-order valence-corrected chi connectivity index (χ3v) is 4.45. The molecule has 3 nitrogen and oxygen atoms in total. The van der Waals surface area contributed by atoms with Crippen molar-refractivity contribution in [2.75, 3.05) is 6.54 Å². The first-order chi connectivity index (χ1) is 9.46. The zero-order valence-electron chi connectivity index (χ0n) is 11.7. The van der Waals surface area contributed by atoms with E-state index in [9.17, 15) is 9.18 Å². The van der Waals surface area contributed by atoms with Gasteiger partial charge in [-0.05, 0) is 38.0 Å². The average molecular weight is 343 g/mol. The van der Waals surface area contributed by atoms with Crippen molar-refractivity contribution >= 4 is 21.8 Å². The first kappa shape index (κ1) is 15.4. The molecule has 0 unspecified atom stereocenters. The normalized spacial score (nSPS) is 17.2. The van der Waals surface area contributed by atoms with Gasteiger partial charge < -0.3 is 10.6 Å². The van der Waals surface area contributed by atoms with Crippen LogP contribution in [0.15, 0.2) is 22.7 Å². The van der Waals surface area contributed by atoms with E-state index in [-0.39, 0.29) is 18.3 Å². The van der Waals surface area contributed by atoms with Crippen LogP contribution in [0.1, 0.15) is 38.2 Å². The molecule has 1 aromatic carbocycles. The predicted molar refractivity (Wildman–Crippen MR) is 80.6 cm³/mol. The van der Waals surface area contributed by atoms with Crippen molar-refractivity contribution in [2.45, 2.75) is 44.7 Å². The number of nitrogens with zero attached hydrogens (tertiary/aromatic N) is 1. The molecule has 0 aromatic heterocycles. The van der Waals surface area contributed by atoms with Crippen molar-refractivity contribution in [1.29, 1.82) is 0 Å². The number of rotatable bonds is 4. The second kappa shape index (κ2) is 6.22. The van der Waals surface area contributed by atoms with Crippen LogP contribution >= 0.6 is 15.9 Å². The molecule has 0 bridgehead atoms. The van der Waals surface area contributed by atoms with E-state index in [4.69, 9.17) is 5.73 Å². The van der Waals surface area contributed by atoms with Gasteiger partial charge >= 0.3 is 0 Å². The van der Waals surface area contributed by atoms with Crippen molar-refractivity contribution < 1.29 is 9.18 Å². The molecule has 0 aliphatic heterocycles. The van der Waals surface area contributed by atoms with Gasteiger partial charge in [0.1, 0.15) is 5.82 Å². The topological polar surface area (TPSA) is 46.3 Å². The minimum absolute atomic E-state index is 0.0584. The quantitative estimate of drug-likeness (QED) is 0.913. The summed E-state index contributed by atoms with van der Waals surface area (Å²) in [5.41, 5.74) is 5.97. The average Bonchev–Trinajstić information content (AvgIpc) is 2.87. The molecule has 0 radical (unpaired) electrons. The van der Waals surface area contributed by atoms with Gasteiger partial charge in [0.2, 0.25) is 5.91 Å². The van der Waals surface area contributed by atoms with E-state index in [2.05, 4.69) is 15.9 Å². The molecule has 110 valence electrons. The Morgan fingerprint density at radius 1 is 1.45 bits per heavy atom. The molecule has 0 heterocycles. The van der Waals surface area contributed by atoms with Crippen LogP contribution in [-0.2, 0) is 11.3 Å². The van der Waals surface area contributed by atoms with Gasteiger partial charge in [-0.2, -0.15) is 0 Å². The Morgan fingerprint density at radius 2 is 2.10 bits per heavy atom. The van der Waals surface area contributed by atoms with Crippen LogP contribution in [0.3, 0.4) is 0 Å². The summed E-state index contributed by atoms with van der Waals surface area (Å²) in [5, 5.41) is 0. The molecule has 1 aliphatic carbocycles. The molecular weight excluding hydrogens is 323 g/mol. The fourth-order valence-corrected chi connectivity index (χ4v) is 3.14. The minimum Gasteiger partial charge on any atom is -0.337 e. The fraction of sp³-hybridized carbons (Fsp3) is 0.533. The standard InChI is InChI=1S/C15H20BrFN2O/c1-2-19(14(20)15(18)7-3-4-8-15)10-11-9-12(16)5-6-13(11)17/h5-6,9H,2-4,7-8,10,18H2,1H3. The largest absolute Gasteiger partial charge is 0.337 e. The number of halogens is 2. The highest BCUT2D eigenvalue weighted by Gasteiger charge is 2.39. The summed E-state index contributed by atoms with van der Waals surface area (Å²) in [4.78, 5) is 14.2. The maximum atomic E-state index is 13.8. The molecule has 0 spiro atoms. The molecule has 1 aromatic rings. The van der Waals surface area contributed by atoms with Gasteiger partial charge in [0.25, 0.3) is 0 Å². The van der Waals surface area contributed by atoms with Crippen LogP contribution < -0.4 is 5.73 Å². The van der Waals surface area contributed by atoms with Gasteiger partial charge in [0, 0.05) is 23.1 Å². The number of amides is 1. The lowest BCUT2D eigenvalue weighted by molar-refractivity contribution is -0.137. The van der Waals surface area contributed by atoms with Gasteiger partial charge in [0.05, 0.1) is 5.54 Å². The van der Waals surface area contributed by atoms with Gasteiger partial charge in [-0.25, -0.2) is 4.39 Å². The molecular formula is C15H20BrFN2O. The van der Waals surface area contributed by atoms with E-state index in [0.717, 1.165) is 30.2 Å². The SMILES string of the molecule is CCN(Cc1cc(Br)ccc1F)C(=O)C1(N)CCCC1. The Labute approximate surface area is 127 Å². The smallest absolute Gasteiger partial charge is 0.242 e. The number of hydrogen-bond donors (Lipinski definition) is 1. The van der Waals surface area contributed by atoms with Crippen LogP contribution in [0, 0.1) is 5.82 Å².